The predicted octanol–water partition coefficient (Wildman–Crippen LogP) is 4.15. The van der Waals surface area contributed by atoms with Gasteiger partial charge in [0.25, 0.3) is 10.0 Å². The summed E-state index contributed by atoms with van der Waals surface area (Å²) < 4.78 is 40.8. The van der Waals surface area contributed by atoms with Gasteiger partial charge in [0.15, 0.2) is 0 Å². The fraction of sp³-hybridized carbons (Fsp3) is 0. The summed E-state index contributed by atoms with van der Waals surface area (Å²) in [5.41, 5.74) is 0.173. The number of hydrogen-bond donors (Lipinski definition) is 1. The van der Waals surface area contributed by atoms with Crippen molar-refractivity contribution in [3.63, 3.8) is 0 Å². The standard InChI is InChI=1S/C12H8Br2FNO2S/c13-8-4-5-11(14)12(6-8)19(17,18)16-10-3-1-2-9(15)7-10/h1-7,16H. The van der Waals surface area contributed by atoms with Crippen molar-refractivity contribution >= 4 is 47.6 Å². The van der Waals surface area contributed by atoms with Crippen LogP contribution in [0.15, 0.2) is 56.3 Å². The predicted molar refractivity (Wildman–Crippen MR) is 79.1 cm³/mol. The summed E-state index contributed by atoms with van der Waals surface area (Å²) in [6.07, 6.45) is 0. The average molecular weight is 409 g/mol. The zero-order chi connectivity index (χ0) is 14.0. The van der Waals surface area contributed by atoms with Crippen molar-refractivity contribution in [1.29, 1.82) is 0 Å². The maximum absolute atomic E-state index is 13.0. The molecule has 2 aromatic rings. The van der Waals surface area contributed by atoms with Gasteiger partial charge in [-0.15, -0.1) is 0 Å². The molecule has 19 heavy (non-hydrogen) atoms. The second kappa shape index (κ2) is 5.60. The molecule has 1 N–H and O–H groups in total. The minimum Gasteiger partial charge on any atom is -0.279 e. The van der Waals surface area contributed by atoms with Gasteiger partial charge < -0.3 is 0 Å². The number of halogens is 3. The van der Waals surface area contributed by atoms with Gasteiger partial charge in [0.05, 0.1) is 5.69 Å². The van der Waals surface area contributed by atoms with Crippen LogP contribution in [0, 0.1) is 5.82 Å². The normalized spacial score (nSPS) is 11.3. The van der Waals surface area contributed by atoms with E-state index >= 15 is 0 Å². The van der Waals surface area contributed by atoms with Crippen molar-refractivity contribution in [2.75, 3.05) is 4.72 Å². The van der Waals surface area contributed by atoms with Crippen LogP contribution in [-0.2, 0) is 10.0 Å². The summed E-state index contributed by atoms with van der Waals surface area (Å²) in [5.74, 6) is -0.506. The molecule has 2 aromatic carbocycles. The third-order valence-electron chi connectivity index (χ3n) is 2.26. The fourth-order valence-corrected chi connectivity index (χ4v) is 4.00. The topological polar surface area (TPSA) is 46.2 Å². The lowest BCUT2D eigenvalue weighted by atomic mass is 10.3. The van der Waals surface area contributed by atoms with Gasteiger partial charge in [-0.25, -0.2) is 12.8 Å². The molecule has 0 amide bonds. The van der Waals surface area contributed by atoms with E-state index in [4.69, 9.17) is 0 Å². The summed E-state index contributed by atoms with van der Waals surface area (Å²) >= 11 is 6.39. The number of anilines is 1. The molecule has 7 heteroatoms. The molecule has 0 aliphatic carbocycles. The Bertz CT molecular complexity index is 719. The molecule has 0 heterocycles. The highest BCUT2D eigenvalue weighted by Crippen LogP contribution is 2.27. The smallest absolute Gasteiger partial charge is 0.263 e. The molecule has 0 bridgehead atoms. The van der Waals surface area contributed by atoms with Crippen molar-refractivity contribution < 1.29 is 12.8 Å². The first-order valence-corrected chi connectivity index (χ1v) is 8.19. The van der Waals surface area contributed by atoms with Crippen LogP contribution in [0.2, 0.25) is 0 Å². The quantitative estimate of drug-likeness (QED) is 0.828. The first-order valence-electron chi connectivity index (χ1n) is 5.12. The lowest BCUT2D eigenvalue weighted by Gasteiger charge is -2.10. The van der Waals surface area contributed by atoms with Crippen molar-refractivity contribution in [2.24, 2.45) is 0 Å². The number of nitrogens with one attached hydrogen (secondary N) is 1. The molecule has 0 saturated carbocycles. The number of hydrogen-bond acceptors (Lipinski definition) is 2. The van der Waals surface area contributed by atoms with E-state index in [1.807, 2.05) is 0 Å². The summed E-state index contributed by atoms with van der Waals surface area (Å²) in [7, 11) is -3.78. The Labute approximate surface area is 127 Å². The van der Waals surface area contributed by atoms with Crippen LogP contribution in [0.25, 0.3) is 0 Å². The average Bonchev–Trinajstić information content (AvgIpc) is 2.31. The fourth-order valence-electron chi connectivity index (χ4n) is 1.45. The minimum atomic E-state index is -3.78. The van der Waals surface area contributed by atoms with Gasteiger partial charge in [-0.2, -0.15) is 0 Å². The molecule has 0 saturated heterocycles. The lowest BCUT2D eigenvalue weighted by Crippen LogP contribution is -2.13. The van der Waals surface area contributed by atoms with E-state index in [0.29, 0.717) is 8.95 Å². The number of benzene rings is 2. The third-order valence-corrected chi connectivity index (χ3v) is 5.13. The minimum absolute atomic E-state index is 0.0751. The summed E-state index contributed by atoms with van der Waals surface area (Å²) in [6, 6.07) is 10.1. The molecular formula is C12H8Br2FNO2S. The Morgan fingerprint density at radius 2 is 1.79 bits per heavy atom. The Morgan fingerprint density at radius 3 is 2.47 bits per heavy atom. The van der Waals surface area contributed by atoms with Crippen molar-refractivity contribution in [1.82, 2.24) is 0 Å². The zero-order valence-electron chi connectivity index (χ0n) is 9.40. The monoisotopic (exact) mass is 407 g/mol. The van der Waals surface area contributed by atoms with E-state index in [-0.39, 0.29) is 10.6 Å². The Hall–Kier alpha value is -0.920. The SMILES string of the molecule is O=S(=O)(Nc1cccc(F)c1)c1cc(Br)ccc1Br. The first-order chi connectivity index (χ1) is 8.88. The lowest BCUT2D eigenvalue weighted by molar-refractivity contribution is 0.600. The molecule has 0 aliphatic rings. The van der Waals surface area contributed by atoms with Crippen molar-refractivity contribution in [3.8, 4) is 0 Å². The maximum Gasteiger partial charge on any atom is 0.263 e. The molecule has 3 nitrogen and oxygen atoms in total. The van der Waals surface area contributed by atoms with E-state index in [1.165, 1.54) is 24.3 Å². The van der Waals surface area contributed by atoms with Crippen LogP contribution in [0.1, 0.15) is 0 Å². The second-order valence-electron chi connectivity index (χ2n) is 3.69. The van der Waals surface area contributed by atoms with E-state index in [0.717, 1.165) is 6.07 Å². The van der Waals surface area contributed by atoms with Gasteiger partial charge >= 0.3 is 0 Å². The molecule has 100 valence electrons. The van der Waals surface area contributed by atoms with Crippen LogP contribution in [-0.4, -0.2) is 8.42 Å². The first kappa shape index (κ1) is 14.5. The van der Waals surface area contributed by atoms with Gasteiger partial charge in [0.1, 0.15) is 10.7 Å². The van der Waals surface area contributed by atoms with Crippen LogP contribution in [0.5, 0.6) is 0 Å². The number of sulfonamides is 1. The molecule has 0 unspecified atom stereocenters. The van der Waals surface area contributed by atoms with E-state index in [1.54, 1.807) is 12.1 Å². The molecular weight excluding hydrogens is 401 g/mol. The zero-order valence-corrected chi connectivity index (χ0v) is 13.4. The molecule has 0 fully saturated rings. The van der Waals surface area contributed by atoms with Gasteiger partial charge in [-0.3, -0.25) is 4.72 Å². The molecule has 0 aromatic heterocycles. The van der Waals surface area contributed by atoms with Crippen molar-refractivity contribution in [2.45, 2.75) is 4.90 Å². The van der Waals surface area contributed by atoms with E-state index < -0.39 is 15.8 Å². The molecule has 0 radical (unpaired) electrons. The summed E-state index contributed by atoms with van der Waals surface area (Å²) in [4.78, 5) is 0.0751. The summed E-state index contributed by atoms with van der Waals surface area (Å²) in [5, 5.41) is 0. The van der Waals surface area contributed by atoms with Gasteiger partial charge in [0.2, 0.25) is 0 Å². The second-order valence-corrected chi connectivity index (χ2v) is 7.11. The molecule has 0 aliphatic heterocycles. The third kappa shape index (κ3) is 3.55. The number of rotatable bonds is 3. The van der Waals surface area contributed by atoms with Gasteiger partial charge in [-0.1, -0.05) is 22.0 Å². The highest BCUT2D eigenvalue weighted by atomic mass is 79.9. The van der Waals surface area contributed by atoms with Crippen LogP contribution < -0.4 is 4.72 Å². The van der Waals surface area contributed by atoms with Crippen LogP contribution in [0.3, 0.4) is 0 Å². The Kier molecular flexibility index (Phi) is 4.27. The summed E-state index contributed by atoms with van der Waals surface area (Å²) in [6.45, 7) is 0. The van der Waals surface area contributed by atoms with Gasteiger partial charge in [0, 0.05) is 8.95 Å². The van der Waals surface area contributed by atoms with Crippen molar-refractivity contribution in [3.05, 3.63) is 57.2 Å². The highest BCUT2D eigenvalue weighted by Gasteiger charge is 2.18. The van der Waals surface area contributed by atoms with Gasteiger partial charge in [-0.05, 0) is 52.3 Å². The van der Waals surface area contributed by atoms with E-state index in [2.05, 4.69) is 36.6 Å². The van der Waals surface area contributed by atoms with Crippen LogP contribution >= 0.6 is 31.9 Å². The maximum atomic E-state index is 13.0. The molecule has 0 spiro atoms. The molecule has 2 rings (SSSR count). The molecule has 0 atom stereocenters. The Balaban J connectivity index is 2.40. The van der Waals surface area contributed by atoms with E-state index in [9.17, 15) is 12.8 Å². The Morgan fingerprint density at radius 1 is 1.05 bits per heavy atom. The highest BCUT2D eigenvalue weighted by molar-refractivity contribution is 9.11. The van der Waals surface area contributed by atoms with Crippen LogP contribution in [0.4, 0.5) is 10.1 Å². The largest absolute Gasteiger partial charge is 0.279 e.